The molecule has 0 aromatic heterocycles. The van der Waals surface area contributed by atoms with Crippen LogP contribution < -0.4 is 5.73 Å². The Morgan fingerprint density at radius 2 is 2.20 bits per heavy atom. The predicted molar refractivity (Wildman–Crippen MR) is 57.1 cm³/mol. The molecule has 1 aliphatic rings. The summed E-state index contributed by atoms with van der Waals surface area (Å²) >= 11 is 0. The standard InChI is InChI=1S/C10H19N3O2/c1-8(14)12(2)9-4-3-5-13(7-9)10(15)6-11/h9H,3-7,11H2,1-2H3/t9-/m0/s1. The summed E-state index contributed by atoms with van der Waals surface area (Å²) in [5.74, 6) is 0.0127. The highest BCUT2D eigenvalue weighted by atomic mass is 16.2. The zero-order chi connectivity index (χ0) is 11.4. The van der Waals surface area contributed by atoms with E-state index in [9.17, 15) is 9.59 Å². The third kappa shape index (κ3) is 2.92. The van der Waals surface area contributed by atoms with E-state index in [-0.39, 0.29) is 24.4 Å². The van der Waals surface area contributed by atoms with Crippen molar-refractivity contribution >= 4 is 11.8 Å². The monoisotopic (exact) mass is 213 g/mol. The first-order valence-electron chi connectivity index (χ1n) is 5.27. The summed E-state index contributed by atoms with van der Waals surface area (Å²) in [5, 5.41) is 0. The lowest BCUT2D eigenvalue weighted by atomic mass is 10.0. The summed E-state index contributed by atoms with van der Waals surface area (Å²) < 4.78 is 0. The van der Waals surface area contributed by atoms with Crippen LogP contribution in [0, 0.1) is 0 Å². The SMILES string of the molecule is CC(=O)N(C)[C@H]1CCCN(C(=O)CN)C1. The van der Waals surface area contributed by atoms with Crippen LogP contribution in [0.1, 0.15) is 19.8 Å². The number of likely N-dealkylation sites (tertiary alicyclic amines) is 1. The van der Waals surface area contributed by atoms with Crippen LogP contribution in [-0.4, -0.2) is 54.3 Å². The molecule has 0 aromatic carbocycles. The maximum atomic E-state index is 11.4. The Kier molecular flexibility index (Phi) is 4.08. The van der Waals surface area contributed by atoms with Crippen molar-refractivity contribution in [3.8, 4) is 0 Å². The van der Waals surface area contributed by atoms with Crippen LogP contribution in [0.3, 0.4) is 0 Å². The smallest absolute Gasteiger partial charge is 0.236 e. The number of nitrogens with zero attached hydrogens (tertiary/aromatic N) is 2. The molecule has 0 spiro atoms. The summed E-state index contributed by atoms with van der Waals surface area (Å²) in [6, 6.07) is 0.145. The fraction of sp³-hybridized carbons (Fsp3) is 0.800. The van der Waals surface area contributed by atoms with Crippen molar-refractivity contribution in [1.29, 1.82) is 0 Å². The number of amides is 2. The zero-order valence-electron chi connectivity index (χ0n) is 9.40. The van der Waals surface area contributed by atoms with Gasteiger partial charge in [-0.25, -0.2) is 0 Å². The van der Waals surface area contributed by atoms with Gasteiger partial charge in [-0.2, -0.15) is 0 Å². The summed E-state index contributed by atoms with van der Waals surface area (Å²) in [4.78, 5) is 26.0. The minimum atomic E-state index is -0.0309. The van der Waals surface area contributed by atoms with Crippen molar-refractivity contribution in [3.63, 3.8) is 0 Å². The largest absolute Gasteiger partial charge is 0.341 e. The molecule has 1 fully saturated rings. The van der Waals surface area contributed by atoms with Crippen LogP contribution in [0.25, 0.3) is 0 Å². The van der Waals surface area contributed by atoms with E-state index >= 15 is 0 Å². The number of carbonyl (C=O) groups excluding carboxylic acids is 2. The Balaban J connectivity index is 2.56. The molecule has 1 saturated heterocycles. The number of hydrogen-bond donors (Lipinski definition) is 1. The molecular weight excluding hydrogens is 194 g/mol. The van der Waals surface area contributed by atoms with Crippen LogP contribution in [-0.2, 0) is 9.59 Å². The molecule has 2 N–H and O–H groups in total. The van der Waals surface area contributed by atoms with Crippen molar-refractivity contribution in [3.05, 3.63) is 0 Å². The highest BCUT2D eigenvalue weighted by molar-refractivity contribution is 5.78. The zero-order valence-corrected chi connectivity index (χ0v) is 9.40. The molecule has 1 atom stereocenters. The van der Waals surface area contributed by atoms with Gasteiger partial charge in [-0.05, 0) is 12.8 Å². The van der Waals surface area contributed by atoms with Gasteiger partial charge in [-0.3, -0.25) is 9.59 Å². The second kappa shape index (κ2) is 5.11. The van der Waals surface area contributed by atoms with Gasteiger partial charge in [0, 0.05) is 33.1 Å². The summed E-state index contributed by atoms with van der Waals surface area (Å²) in [5.41, 5.74) is 5.31. The van der Waals surface area contributed by atoms with Gasteiger partial charge in [0.2, 0.25) is 11.8 Å². The maximum Gasteiger partial charge on any atom is 0.236 e. The van der Waals surface area contributed by atoms with Crippen LogP contribution in [0.5, 0.6) is 0 Å². The van der Waals surface area contributed by atoms with Crippen molar-refractivity contribution in [2.24, 2.45) is 5.73 Å². The van der Waals surface area contributed by atoms with E-state index in [1.807, 2.05) is 0 Å². The maximum absolute atomic E-state index is 11.4. The Labute approximate surface area is 90.2 Å². The molecule has 0 aliphatic carbocycles. The number of carbonyl (C=O) groups is 2. The van der Waals surface area contributed by atoms with Gasteiger partial charge in [0.15, 0.2) is 0 Å². The van der Waals surface area contributed by atoms with Crippen LogP contribution >= 0.6 is 0 Å². The first kappa shape index (κ1) is 12.0. The molecular formula is C10H19N3O2. The highest BCUT2D eigenvalue weighted by Crippen LogP contribution is 2.14. The summed E-state index contributed by atoms with van der Waals surface area (Å²) in [7, 11) is 1.78. The normalized spacial score (nSPS) is 21.3. The molecule has 5 nitrogen and oxygen atoms in total. The van der Waals surface area contributed by atoms with E-state index in [1.165, 1.54) is 0 Å². The second-order valence-electron chi connectivity index (χ2n) is 3.97. The van der Waals surface area contributed by atoms with Gasteiger partial charge in [-0.15, -0.1) is 0 Å². The Hall–Kier alpha value is -1.10. The van der Waals surface area contributed by atoms with Gasteiger partial charge in [-0.1, -0.05) is 0 Å². The number of rotatable bonds is 2. The van der Waals surface area contributed by atoms with E-state index in [1.54, 1.807) is 23.8 Å². The van der Waals surface area contributed by atoms with Crippen LogP contribution in [0.15, 0.2) is 0 Å². The van der Waals surface area contributed by atoms with Gasteiger partial charge < -0.3 is 15.5 Å². The molecule has 0 saturated carbocycles. The Bertz CT molecular complexity index is 255. The predicted octanol–water partition coefficient (Wildman–Crippen LogP) is -0.586. The highest BCUT2D eigenvalue weighted by Gasteiger charge is 2.26. The van der Waals surface area contributed by atoms with Crippen LogP contribution in [0.2, 0.25) is 0 Å². The van der Waals surface area contributed by atoms with Crippen molar-refractivity contribution < 1.29 is 9.59 Å². The molecule has 2 amide bonds. The van der Waals surface area contributed by atoms with Crippen molar-refractivity contribution in [2.45, 2.75) is 25.8 Å². The molecule has 1 aliphatic heterocycles. The van der Waals surface area contributed by atoms with E-state index in [0.717, 1.165) is 19.4 Å². The number of likely N-dealkylation sites (N-methyl/N-ethyl adjacent to an activating group) is 1. The van der Waals surface area contributed by atoms with Crippen LogP contribution in [0.4, 0.5) is 0 Å². The van der Waals surface area contributed by atoms with E-state index < -0.39 is 0 Å². The summed E-state index contributed by atoms with van der Waals surface area (Å²) in [6.07, 6.45) is 1.90. The molecule has 1 rings (SSSR count). The minimum Gasteiger partial charge on any atom is -0.341 e. The van der Waals surface area contributed by atoms with E-state index in [4.69, 9.17) is 5.73 Å². The summed E-state index contributed by atoms with van der Waals surface area (Å²) in [6.45, 7) is 2.98. The first-order chi connectivity index (χ1) is 7.06. The number of nitrogens with two attached hydrogens (primary N) is 1. The fourth-order valence-corrected chi connectivity index (χ4v) is 1.88. The lowest BCUT2D eigenvalue weighted by molar-refractivity contribution is -0.136. The Morgan fingerprint density at radius 3 is 2.73 bits per heavy atom. The molecule has 0 unspecified atom stereocenters. The third-order valence-corrected chi connectivity index (χ3v) is 2.97. The molecule has 0 radical (unpaired) electrons. The topological polar surface area (TPSA) is 66.6 Å². The molecule has 1 heterocycles. The first-order valence-corrected chi connectivity index (χ1v) is 5.27. The average Bonchev–Trinajstić information content (AvgIpc) is 2.27. The molecule has 0 bridgehead atoms. The second-order valence-corrected chi connectivity index (χ2v) is 3.97. The molecule has 0 aromatic rings. The third-order valence-electron chi connectivity index (χ3n) is 2.97. The van der Waals surface area contributed by atoms with Crippen molar-refractivity contribution in [2.75, 3.05) is 26.7 Å². The van der Waals surface area contributed by atoms with E-state index in [0.29, 0.717) is 6.54 Å². The fourth-order valence-electron chi connectivity index (χ4n) is 1.88. The number of piperidine rings is 1. The van der Waals surface area contributed by atoms with Gasteiger partial charge >= 0.3 is 0 Å². The molecule has 15 heavy (non-hydrogen) atoms. The lowest BCUT2D eigenvalue weighted by Crippen LogP contribution is -2.51. The Morgan fingerprint density at radius 1 is 1.53 bits per heavy atom. The molecule has 5 heteroatoms. The number of hydrogen-bond acceptors (Lipinski definition) is 3. The lowest BCUT2D eigenvalue weighted by Gasteiger charge is -2.37. The average molecular weight is 213 g/mol. The van der Waals surface area contributed by atoms with E-state index in [2.05, 4.69) is 0 Å². The molecule has 86 valence electrons. The van der Waals surface area contributed by atoms with Crippen molar-refractivity contribution in [1.82, 2.24) is 9.80 Å². The van der Waals surface area contributed by atoms with Gasteiger partial charge in [0.05, 0.1) is 6.54 Å². The van der Waals surface area contributed by atoms with Gasteiger partial charge in [0.25, 0.3) is 0 Å². The van der Waals surface area contributed by atoms with Gasteiger partial charge in [0.1, 0.15) is 0 Å². The quantitative estimate of drug-likeness (QED) is 0.667. The minimum absolute atomic E-state index is 0.0309.